The number of rotatable bonds is 1. The highest BCUT2D eigenvalue weighted by molar-refractivity contribution is 5.94. The zero-order valence-corrected chi connectivity index (χ0v) is 10.1. The van der Waals surface area contributed by atoms with Crippen LogP contribution in [-0.4, -0.2) is 24.8 Å². The maximum Gasteiger partial charge on any atom is 0.0447 e. The van der Waals surface area contributed by atoms with E-state index in [-0.39, 0.29) is 0 Å². The lowest BCUT2D eigenvalue weighted by atomic mass is 9.70. The van der Waals surface area contributed by atoms with E-state index < -0.39 is 0 Å². The van der Waals surface area contributed by atoms with Gasteiger partial charge in [-0.15, -0.1) is 0 Å². The molecule has 0 N–H and O–H groups in total. The molecular weight excluding hydrogens is 172 g/mol. The molecule has 2 bridgehead atoms. The van der Waals surface area contributed by atoms with Crippen LogP contribution in [0.25, 0.3) is 0 Å². The molecule has 2 heteroatoms. The molecule has 0 aromatic carbocycles. The maximum atomic E-state index is 4.68. The van der Waals surface area contributed by atoms with Crippen molar-refractivity contribution in [2.24, 2.45) is 21.8 Å². The maximum absolute atomic E-state index is 4.68. The van der Waals surface area contributed by atoms with E-state index in [0.717, 1.165) is 5.92 Å². The second kappa shape index (κ2) is 2.74. The first-order valence-corrected chi connectivity index (χ1v) is 5.63. The van der Waals surface area contributed by atoms with Crippen LogP contribution in [0.3, 0.4) is 0 Å². The van der Waals surface area contributed by atoms with E-state index in [9.17, 15) is 0 Å². The summed E-state index contributed by atoms with van der Waals surface area (Å²) in [7, 11) is 4.05. The monoisotopic (exact) mass is 194 g/mol. The van der Waals surface area contributed by atoms with Crippen LogP contribution in [-0.2, 0) is 0 Å². The first kappa shape index (κ1) is 10.0. The highest BCUT2D eigenvalue weighted by atomic mass is 15.4. The first-order chi connectivity index (χ1) is 6.38. The number of hydrogen-bond acceptors (Lipinski definition) is 2. The van der Waals surface area contributed by atoms with Crippen molar-refractivity contribution in [2.45, 2.75) is 40.0 Å². The molecule has 0 aromatic heterocycles. The van der Waals surface area contributed by atoms with Gasteiger partial charge in [-0.3, -0.25) is 0 Å². The molecule has 2 nitrogen and oxygen atoms in total. The van der Waals surface area contributed by atoms with E-state index in [4.69, 9.17) is 0 Å². The standard InChI is InChI=1S/C12H22N2/c1-11(2)9-6-7-12(11,3)10(8-9)13-14(4)5/h9H,6-8H2,1-5H3/t9-,12-/m1/s1. The quantitative estimate of drug-likeness (QED) is 0.586. The average molecular weight is 194 g/mol. The van der Waals surface area contributed by atoms with Crippen LogP contribution in [0.15, 0.2) is 5.10 Å². The molecule has 2 aliphatic carbocycles. The lowest BCUT2D eigenvalue weighted by Crippen LogP contribution is -2.33. The summed E-state index contributed by atoms with van der Waals surface area (Å²) in [6, 6.07) is 0. The van der Waals surface area contributed by atoms with Crippen molar-refractivity contribution in [3.63, 3.8) is 0 Å². The molecule has 2 aliphatic rings. The Balaban J connectivity index is 2.36. The minimum Gasteiger partial charge on any atom is -0.303 e. The van der Waals surface area contributed by atoms with Gasteiger partial charge < -0.3 is 5.01 Å². The van der Waals surface area contributed by atoms with Gasteiger partial charge in [0.15, 0.2) is 0 Å². The van der Waals surface area contributed by atoms with Crippen LogP contribution in [0.1, 0.15) is 40.0 Å². The van der Waals surface area contributed by atoms with Gasteiger partial charge in [-0.1, -0.05) is 20.8 Å². The normalized spacial score (nSPS) is 42.1. The van der Waals surface area contributed by atoms with E-state index in [2.05, 4.69) is 25.9 Å². The Labute approximate surface area is 87.4 Å². The molecule has 0 aromatic rings. The number of fused-ring (bicyclic) bond motifs is 2. The Bertz CT molecular complexity index is 278. The zero-order valence-electron chi connectivity index (χ0n) is 10.1. The van der Waals surface area contributed by atoms with E-state index in [1.807, 2.05) is 19.1 Å². The van der Waals surface area contributed by atoms with Gasteiger partial charge in [0.1, 0.15) is 0 Å². The van der Waals surface area contributed by atoms with Crippen molar-refractivity contribution >= 4 is 5.71 Å². The second-order valence-electron chi connectivity index (χ2n) is 5.89. The Hall–Kier alpha value is -0.530. The molecule has 0 saturated heterocycles. The minimum absolute atomic E-state index is 0.363. The summed E-state index contributed by atoms with van der Waals surface area (Å²) in [6.45, 7) is 7.24. The molecular formula is C12H22N2. The summed E-state index contributed by atoms with van der Waals surface area (Å²) in [4.78, 5) is 0. The Kier molecular flexibility index (Phi) is 1.96. The topological polar surface area (TPSA) is 15.6 Å². The Morgan fingerprint density at radius 3 is 2.29 bits per heavy atom. The van der Waals surface area contributed by atoms with Crippen molar-refractivity contribution in [3.8, 4) is 0 Å². The first-order valence-electron chi connectivity index (χ1n) is 5.63. The summed E-state index contributed by atoms with van der Waals surface area (Å²) in [5.41, 5.74) is 2.26. The number of nitrogens with zero attached hydrogens (tertiary/aromatic N) is 2. The Morgan fingerprint density at radius 2 is 1.93 bits per heavy atom. The molecule has 2 fully saturated rings. The van der Waals surface area contributed by atoms with Crippen LogP contribution in [0.4, 0.5) is 0 Å². The molecule has 0 radical (unpaired) electrons. The Morgan fingerprint density at radius 1 is 1.29 bits per heavy atom. The van der Waals surface area contributed by atoms with Crippen LogP contribution in [0, 0.1) is 16.7 Å². The minimum atomic E-state index is 0.363. The molecule has 80 valence electrons. The molecule has 0 spiro atoms. The van der Waals surface area contributed by atoms with Gasteiger partial charge in [0.05, 0.1) is 0 Å². The van der Waals surface area contributed by atoms with Crippen molar-refractivity contribution in [3.05, 3.63) is 0 Å². The lowest BCUT2D eigenvalue weighted by Gasteiger charge is -2.34. The highest BCUT2D eigenvalue weighted by Gasteiger charge is 2.59. The van der Waals surface area contributed by atoms with E-state index in [1.54, 1.807) is 0 Å². The molecule has 2 saturated carbocycles. The van der Waals surface area contributed by atoms with Crippen molar-refractivity contribution in [2.75, 3.05) is 14.1 Å². The third-order valence-electron chi connectivity index (χ3n) is 4.83. The number of hydrazone groups is 1. The van der Waals surface area contributed by atoms with E-state index >= 15 is 0 Å². The van der Waals surface area contributed by atoms with Gasteiger partial charge in [-0.25, -0.2) is 0 Å². The lowest BCUT2D eigenvalue weighted by molar-refractivity contribution is 0.192. The third kappa shape index (κ3) is 1.06. The van der Waals surface area contributed by atoms with Gasteiger partial charge >= 0.3 is 0 Å². The fourth-order valence-corrected chi connectivity index (χ4v) is 3.32. The summed E-state index contributed by atoms with van der Waals surface area (Å²) < 4.78 is 0. The van der Waals surface area contributed by atoms with E-state index in [0.29, 0.717) is 10.8 Å². The molecule has 2 atom stereocenters. The largest absolute Gasteiger partial charge is 0.303 e. The molecule has 14 heavy (non-hydrogen) atoms. The number of hydrogen-bond donors (Lipinski definition) is 0. The van der Waals surface area contributed by atoms with Crippen LogP contribution >= 0.6 is 0 Å². The highest BCUT2D eigenvalue weighted by Crippen LogP contribution is 2.63. The van der Waals surface area contributed by atoms with Gasteiger partial charge in [0.25, 0.3) is 0 Å². The van der Waals surface area contributed by atoms with Crippen LogP contribution in [0.5, 0.6) is 0 Å². The van der Waals surface area contributed by atoms with Crippen LogP contribution < -0.4 is 0 Å². The van der Waals surface area contributed by atoms with Gasteiger partial charge in [0, 0.05) is 25.2 Å². The molecule has 0 heterocycles. The summed E-state index contributed by atoms with van der Waals surface area (Å²) in [5.74, 6) is 0.867. The third-order valence-corrected chi connectivity index (χ3v) is 4.83. The smallest absolute Gasteiger partial charge is 0.0447 e. The van der Waals surface area contributed by atoms with E-state index in [1.165, 1.54) is 25.0 Å². The summed E-state index contributed by atoms with van der Waals surface area (Å²) >= 11 is 0. The molecule has 2 rings (SSSR count). The second-order valence-corrected chi connectivity index (χ2v) is 5.89. The van der Waals surface area contributed by atoms with Crippen LogP contribution in [0.2, 0.25) is 0 Å². The zero-order chi connectivity index (χ0) is 10.6. The SMILES string of the molecule is CN(C)N=C1C[C@H]2CC[C@@]1(C)C2(C)C. The van der Waals surface area contributed by atoms with Gasteiger partial charge in [0.2, 0.25) is 0 Å². The molecule has 0 aliphatic heterocycles. The fraction of sp³-hybridized carbons (Fsp3) is 0.917. The van der Waals surface area contributed by atoms with Gasteiger partial charge in [-0.05, 0) is 30.6 Å². The predicted octanol–water partition coefficient (Wildman–Crippen LogP) is 2.75. The van der Waals surface area contributed by atoms with Gasteiger partial charge in [-0.2, -0.15) is 5.10 Å². The molecule has 0 amide bonds. The fourth-order valence-electron chi connectivity index (χ4n) is 3.32. The van der Waals surface area contributed by atoms with Crippen molar-refractivity contribution in [1.82, 2.24) is 5.01 Å². The van der Waals surface area contributed by atoms with Crippen molar-refractivity contribution < 1.29 is 0 Å². The summed E-state index contributed by atoms with van der Waals surface area (Å²) in [6.07, 6.45) is 3.95. The average Bonchev–Trinajstić information content (AvgIpc) is 2.35. The van der Waals surface area contributed by atoms with Crippen molar-refractivity contribution in [1.29, 1.82) is 0 Å². The molecule has 0 unspecified atom stereocenters. The predicted molar refractivity (Wildman–Crippen MR) is 60.4 cm³/mol. The summed E-state index contributed by atoms with van der Waals surface area (Å²) in [5, 5.41) is 6.63.